The Bertz CT molecular complexity index is 3040. The minimum absolute atomic E-state index is 0.819. The summed E-state index contributed by atoms with van der Waals surface area (Å²) in [6.07, 6.45) is 0. The molecular weight excluding hydrogens is 601 g/mol. The number of fused-ring (bicyclic) bond motifs is 10. The van der Waals surface area contributed by atoms with Gasteiger partial charge in [0.2, 0.25) is 0 Å². The van der Waals surface area contributed by atoms with Gasteiger partial charge in [-0.25, -0.2) is 0 Å². The number of furan rings is 3. The van der Waals surface area contributed by atoms with Crippen LogP contribution in [-0.2, 0) is 0 Å². The zero-order valence-electron chi connectivity index (χ0n) is 26.2. The number of rotatable bonds is 3. The molecule has 3 heteroatoms. The summed E-state index contributed by atoms with van der Waals surface area (Å²) in [5.41, 5.74) is 9.88. The van der Waals surface area contributed by atoms with Gasteiger partial charge in [-0.2, -0.15) is 0 Å². The van der Waals surface area contributed by atoms with E-state index >= 15 is 0 Å². The van der Waals surface area contributed by atoms with Crippen LogP contribution in [0.5, 0.6) is 0 Å². The van der Waals surface area contributed by atoms with E-state index in [0.717, 1.165) is 93.6 Å². The molecule has 0 radical (unpaired) electrons. The third kappa shape index (κ3) is 3.73. The predicted molar refractivity (Wildman–Crippen MR) is 202 cm³/mol. The van der Waals surface area contributed by atoms with Crippen molar-refractivity contribution in [3.05, 3.63) is 158 Å². The molecular formula is C46H26O3. The summed E-state index contributed by atoms with van der Waals surface area (Å²) in [6.45, 7) is 0. The monoisotopic (exact) mass is 626 g/mol. The highest BCUT2D eigenvalue weighted by molar-refractivity contribution is 6.28. The number of para-hydroxylation sites is 2. The van der Waals surface area contributed by atoms with Crippen LogP contribution >= 0.6 is 0 Å². The fourth-order valence-electron chi connectivity index (χ4n) is 7.99. The van der Waals surface area contributed by atoms with E-state index in [2.05, 4.69) is 127 Å². The molecule has 0 saturated carbocycles. The maximum absolute atomic E-state index is 7.04. The molecule has 3 nitrogen and oxygen atoms in total. The van der Waals surface area contributed by atoms with Gasteiger partial charge in [-0.15, -0.1) is 0 Å². The Morgan fingerprint density at radius 2 is 0.816 bits per heavy atom. The highest BCUT2D eigenvalue weighted by atomic mass is 16.3. The predicted octanol–water partition coefficient (Wildman–Crippen LogP) is 13.5. The van der Waals surface area contributed by atoms with Crippen LogP contribution in [0.1, 0.15) is 0 Å². The van der Waals surface area contributed by atoms with Gasteiger partial charge in [0.25, 0.3) is 0 Å². The maximum Gasteiger partial charge on any atom is 0.147 e. The second-order valence-electron chi connectivity index (χ2n) is 12.7. The summed E-state index contributed by atoms with van der Waals surface area (Å²) in [4.78, 5) is 0. The number of benzene rings is 8. The molecule has 11 rings (SSSR count). The SMILES string of the molecule is c1ccc(-c2oc3c(ccc4oc5ccccc5c43)c2-c2c3ccccc3c(-c3ccc4c(c3)oc3ccccc34)c3ccccc23)cc1. The molecule has 228 valence electrons. The molecule has 0 bridgehead atoms. The van der Waals surface area contributed by atoms with Gasteiger partial charge in [0.15, 0.2) is 0 Å². The lowest BCUT2D eigenvalue weighted by Crippen LogP contribution is -1.91. The van der Waals surface area contributed by atoms with Gasteiger partial charge < -0.3 is 13.3 Å². The number of hydrogen-bond acceptors (Lipinski definition) is 3. The Hall–Kier alpha value is -6.58. The maximum atomic E-state index is 7.04. The molecule has 0 unspecified atom stereocenters. The van der Waals surface area contributed by atoms with Crippen molar-refractivity contribution in [1.82, 2.24) is 0 Å². The van der Waals surface area contributed by atoms with Crippen LogP contribution in [0, 0.1) is 0 Å². The van der Waals surface area contributed by atoms with Gasteiger partial charge >= 0.3 is 0 Å². The third-order valence-electron chi connectivity index (χ3n) is 10.1. The lowest BCUT2D eigenvalue weighted by molar-refractivity contribution is 0.634. The first-order valence-electron chi connectivity index (χ1n) is 16.6. The van der Waals surface area contributed by atoms with Crippen molar-refractivity contribution in [3.8, 4) is 33.6 Å². The quantitative estimate of drug-likeness (QED) is 0.183. The van der Waals surface area contributed by atoms with Crippen molar-refractivity contribution in [2.45, 2.75) is 0 Å². The molecule has 0 atom stereocenters. The third-order valence-corrected chi connectivity index (χ3v) is 10.1. The van der Waals surface area contributed by atoms with E-state index in [9.17, 15) is 0 Å². The fraction of sp³-hybridized carbons (Fsp3) is 0. The smallest absolute Gasteiger partial charge is 0.147 e. The van der Waals surface area contributed by atoms with E-state index in [0.29, 0.717) is 0 Å². The topological polar surface area (TPSA) is 39.4 Å². The summed E-state index contributed by atoms with van der Waals surface area (Å²) < 4.78 is 19.7. The molecule has 0 aliphatic heterocycles. The van der Waals surface area contributed by atoms with E-state index in [1.165, 1.54) is 16.3 Å². The largest absolute Gasteiger partial charge is 0.456 e. The lowest BCUT2D eigenvalue weighted by atomic mass is 9.84. The van der Waals surface area contributed by atoms with Crippen LogP contribution in [0.25, 0.3) is 110 Å². The molecule has 0 aliphatic carbocycles. The summed E-state index contributed by atoms with van der Waals surface area (Å²) >= 11 is 0. The lowest BCUT2D eigenvalue weighted by Gasteiger charge is -2.18. The van der Waals surface area contributed by atoms with Crippen LogP contribution in [0.2, 0.25) is 0 Å². The Labute approximate surface area is 280 Å². The molecule has 49 heavy (non-hydrogen) atoms. The Kier molecular flexibility index (Phi) is 5.38. The Balaban J connectivity index is 1.28. The summed E-state index contributed by atoms with van der Waals surface area (Å²) in [5.74, 6) is 0.847. The molecule has 3 aromatic heterocycles. The van der Waals surface area contributed by atoms with Crippen molar-refractivity contribution < 1.29 is 13.3 Å². The molecule has 0 saturated heterocycles. The molecule has 0 N–H and O–H groups in total. The zero-order valence-corrected chi connectivity index (χ0v) is 26.2. The van der Waals surface area contributed by atoms with Gasteiger partial charge in [-0.3, -0.25) is 0 Å². The van der Waals surface area contributed by atoms with Crippen LogP contribution in [0.3, 0.4) is 0 Å². The van der Waals surface area contributed by atoms with E-state index < -0.39 is 0 Å². The van der Waals surface area contributed by atoms with E-state index in [1.807, 2.05) is 30.3 Å². The Morgan fingerprint density at radius 1 is 0.286 bits per heavy atom. The molecule has 0 fully saturated rings. The number of hydrogen-bond donors (Lipinski definition) is 0. The first-order chi connectivity index (χ1) is 24.3. The molecule has 3 heterocycles. The van der Waals surface area contributed by atoms with Crippen LogP contribution in [-0.4, -0.2) is 0 Å². The van der Waals surface area contributed by atoms with Gasteiger partial charge in [-0.05, 0) is 69.1 Å². The van der Waals surface area contributed by atoms with Crippen molar-refractivity contribution in [3.63, 3.8) is 0 Å². The molecule has 0 amide bonds. The molecule has 0 aliphatic rings. The van der Waals surface area contributed by atoms with Crippen LogP contribution in [0.15, 0.2) is 171 Å². The standard InChI is InChI=1S/C46H26O3/c1-2-12-27(13-3-1)45-44(36-24-25-39-43(46(36)49-45)35-19-9-11-21-38(35)47-39)42-33-17-6-4-15-31(33)41(32-16-5-7-18-34(32)42)28-22-23-30-29-14-8-10-20-37(29)48-40(30)26-28/h1-26H. The van der Waals surface area contributed by atoms with E-state index in [1.54, 1.807) is 0 Å². The molecule has 0 spiro atoms. The average molecular weight is 627 g/mol. The average Bonchev–Trinajstić information content (AvgIpc) is 3.85. The van der Waals surface area contributed by atoms with Crippen LogP contribution < -0.4 is 0 Å². The van der Waals surface area contributed by atoms with Crippen molar-refractivity contribution in [1.29, 1.82) is 0 Å². The first-order valence-corrected chi connectivity index (χ1v) is 16.6. The van der Waals surface area contributed by atoms with E-state index in [4.69, 9.17) is 13.3 Å². The van der Waals surface area contributed by atoms with Crippen molar-refractivity contribution >= 4 is 76.4 Å². The highest BCUT2D eigenvalue weighted by Crippen LogP contribution is 2.51. The van der Waals surface area contributed by atoms with Crippen LogP contribution in [0.4, 0.5) is 0 Å². The van der Waals surface area contributed by atoms with Gasteiger partial charge in [0.05, 0.1) is 5.39 Å². The van der Waals surface area contributed by atoms with Crippen molar-refractivity contribution in [2.24, 2.45) is 0 Å². The van der Waals surface area contributed by atoms with Gasteiger partial charge in [0.1, 0.15) is 33.7 Å². The summed E-state index contributed by atoms with van der Waals surface area (Å²) in [5, 5.41) is 10.1. The van der Waals surface area contributed by atoms with Gasteiger partial charge in [-0.1, -0.05) is 121 Å². The summed E-state index contributed by atoms with van der Waals surface area (Å²) in [6, 6.07) is 55.3. The normalized spacial score (nSPS) is 12.1. The summed E-state index contributed by atoms with van der Waals surface area (Å²) in [7, 11) is 0. The zero-order chi connectivity index (χ0) is 32.1. The fourth-order valence-corrected chi connectivity index (χ4v) is 7.99. The van der Waals surface area contributed by atoms with Gasteiger partial charge in [0, 0.05) is 38.2 Å². The minimum Gasteiger partial charge on any atom is -0.456 e. The van der Waals surface area contributed by atoms with E-state index in [-0.39, 0.29) is 0 Å². The second-order valence-corrected chi connectivity index (χ2v) is 12.7. The molecule has 11 aromatic rings. The first kappa shape index (κ1) is 26.5. The molecule has 8 aromatic carbocycles. The minimum atomic E-state index is 0.819. The Morgan fingerprint density at radius 3 is 1.53 bits per heavy atom. The highest BCUT2D eigenvalue weighted by Gasteiger charge is 2.26. The van der Waals surface area contributed by atoms with Crippen molar-refractivity contribution in [2.75, 3.05) is 0 Å². The second kappa shape index (κ2) is 9.96.